The first kappa shape index (κ1) is 20.3. The summed E-state index contributed by atoms with van der Waals surface area (Å²) in [6.07, 6.45) is 0. The maximum atomic E-state index is 12.8. The average molecular weight is 414 g/mol. The summed E-state index contributed by atoms with van der Waals surface area (Å²) in [7, 11) is -3.68. The van der Waals surface area contributed by atoms with Crippen LogP contribution in [0.25, 0.3) is 0 Å². The molecule has 2 N–H and O–H groups in total. The van der Waals surface area contributed by atoms with Crippen LogP contribution in [0.4, 0.5) is 10.1 Å². The molecule has 0 fully saturated rings. The fourth-order valence-corrected chi connectivity index (χ4v) is 3.55. The molecule has 0 aromatic heterocycles. The summed E-state index contributed by atoms with van der Waals surface area (Å²) >= 11 is 0. The van der Waals surface area contributed by atoms with E-state index in [0.29, 0.717) is 17.0 Å². The van der Waals surface area contributed by atoms with Gasteiger partial charge < -0.3 is 10.1 Å². The molecule has 8 heteroatoms. The van der Waals surface area contributed by atoms with E-state index in [4.69, 9.17) is 4.74 Å². The molecule has 0 bridgehead atoms. The standard InChI is InChI=1S/C21H19FN2O4S/c22-17-8-12-19(13-9-17)28-15-14-23-21(25)16-6-10-18(11-7-16)24-29(26,27)20-4-2-1-3-5-20/h1-13,24H,14-15H2,(H,23,25). The molecule has 0 aliphatic heterocycles. The molecule has 6 nitrogen and oxygen atoms in total. The molecule has 0 aliphatic rings. The largest absolute Gasteiger partial charge is 0.492 e. The van der Waals surface area contributed by atoms with Crippen LogP contribution in [0.2, 0.25) is 0 Å². The van der Waals surface area contributed by atoms with Gasteiger partial charge in [-0.2, -0.15) is 0 Å². The summed E-state index contributed by atoms with van der Waals surface area (Å²) in [6.45, 7) is 0.491. The van der Waals surface area contributed by atoms with Crippen LogP contribution >= 0.6 is 0 Å². The molecule has 29 heavy (non-hydrogen) atoms. The Kier molecular flexibility index (Phi) is 6.46. The first-order chi connectivity index (χ1) is 13.9. The average Bonchev–Trinajstić information content (AvgIpc) is 2.73. The molecule has 0 unspecified atom stereocenters. The topological polar surface area (TPSA) is 84.5 Å². The second kappa shape index (κ2) is 9.20. The lowest BCUT2D eigenvalue weighted by Crippen LogP contribution is -2.28. The van der Waals surface area contributed by atoms with Crippen molar-refractivity contribution in [3.63, 3.8) is 0 Å². The van der Waals surface area contributed by atoms with Crippen LogP contribution in [-0.2, 0) is 10.0 Å². The first-order valence-corrected chi connectivity index (χ1v) is 10.3. The van der Waals surface area contributed by atoms with Crippen molar-refractivity contribution in [2.75, 3.05) is 17.9 Å². The highest BCUT2D eigenvalue weighted by Gasteiger charge is 2.13. The summed E-state index contributed by atoms with van der Waals surface area (Å²) in [4.78, 5) is 12.3. The number of carbonyl (C=O) groups excluding carboxylic acids is 1. The van der Waals surface area contributed by atoms with Crippen LogP contribution < -0.4 is 14.8 Å². The van der Waals surface area contributed by atoms with E-state index in [9.17, 15) is 17.6 Å². The quantitative estimate of drug-likeness (QED) is 0.553. The van der Waals surface area contributed by atoms with Crippen molar-refractivity contribution in [2.45, 2.75) is 4.90 Å². The van der Waals surface area contributed by atoms with Gasteiger partial charge in [-0.1, -0.05) is 18.2 Å². The molecule has 3 aromatic rings. The monoisotopic (exact) mass is 414 g/mol. The van der Waals surface area contributed by atoms with E-state index in [-0.39, 0.29) is 29.8 Å². The van der Waals surface area contributed by atoms with Crippen LogP contribution in [0, 0.1) is 5.82 Å². The Morgan fingerprint density at radius 3 is 2.21 bits per heavy atom. The molecule has 0 saturated heterocycles. The third-order valence-electron chi connectivity index (χ3n) is 3.92. The van der Waals surface area contributed by atoms with E-state index in [1.807, 2.05) is 0 Å². The van der Waals surface area contributed by atoms with E-state index in [1.165, 1.54) is 60.7 Å². The normalized spacial score (nSPS) is 10.9. The maximum Gasteiger partial charge on any atom is 0.261 e. The van der Waals surface area contributed by atoms with Gasteiger partial charge in [-0.15, -0.1) is 0 Å². The van der Waals surface area contributed by atoms with Crippen molar-refractivity contribution in [3.8, 4) is 5.75 Å². The van der Waals surface area contributed by atoms with Gasteiger partial charge >= 0.3 is 0 Å². The number of ether oxygens (including phenoxy) is 1. The van der Waals surface area contributed by atoms with Gasteiger partial charge in [0.15, 0.2) is 0 Å². The summed E-state index contributed by atoms with van der Waals surface area (Å²) < 4.78 is 45.3. The van der Waals surface area contributed by atoms with Crippen LogP contribution in [0.5, 0.6) is 5.75 Å². The maximum absolute atomic E-state index is 12.8. The molecule has 1 amide bonds. The summed E-state index contributed by atoms with van der Waals surface area (Å²) in [6, 6.07) is 19.7. The van der Waals surface area contributed by atoms with Crippen molar-refractivity contribution >= 4 is 21.6 Å². The number of hydrogen-bond donors (Lipinski definition) is 2. The summed E-state index contributed by atoms with van der Waals surface area (Å²) in [5.41, 5.74) is 0.736. The number of halogens is 1. The molecular formula is C21H19FN2O4S. The molecule has 0 atom stereocenters. The second-order valence-corrected chi connectivity index (χ2v) is 7.74. The minimum Gasteiger partial charge on any atom is -0.492 e. The predicted octanol–water partition coefficient (Wildman–Crippen LogP) is 3.44. The van der Waals surface area contributed by atoms with Crippen molar-refractivity contribution in [2.24, 2.45) is 0 Å². The third-order valence-corrected chi connectivity index (χ3v) is 5.32. The fraction of sp³-hybridized carbons (Fsp3) is 0.0952. The number of amides is 1. The van der Waals surface area contributed by atoms with Gasteiger partial charge in [-0.25, -0.2) is 12.8 Å². The van der Waals surface area contributed by atoms with Gasteiger partial charge in [-0.3, -0.25) is 9.52 Å². The zero-order chi connectivity index (χ0) is 20.7. The molecule has 3 aromatic carbocycles. The van der Waals surface area contributed by atoms with E-state index in [0.717, 1.165) is 0 Å². The lowest BCUT2D eigenvalue weighted by atomic mass is 10.2. The molecule has 150 valence electrons. The highest BCUT2D eigenvalue weighted by atomic mass is 32.2. The number of sulfonamides is 1. The molecule has 0 aliphatic carbocycles. The highest BCUT2D eigenvalue weighted by Crippen LogP contribution is 2.16. The van der Waals surface area contributed by atoms with Crippen LogP contribution in [0.1, 0.15) is 10.4 Å². The molecule has 0 spiro atoms. The van der Waals surface area contributed by atoms with E-state index in [1.54, 1.807) is 18.2 Å². The molecule has 0 heterocycles. The second-order valence-electron chi connectivity index (χ2n) is 6.05. The van der Waals surface area contributed by atoms with Crippen LogP contribution in [-0.4, -0.2) is 27.5 Å². The number of carbonyl (C=O) groups is 1. The van der Waals surface area contributed by atoms with Gasteiger partial charge in [0.2, 0.25) is 0 Å². The fourth-order valence-electron chi connectivity index (χ4n) is 2.47. The van der Waals surface area contributed by atoms with Crippen molar-refractivity contribution in [3.05, 3.63) is 90.2 Å². The number of benzene rings is 3. The number of rotatable bonds is 8. The molecule has 0 saturated carbocycles. The van der Waals surface area contributed by atoms with E-state index < -0.39 is 10.0 Å². The third kappa shape index (κ3) is 5.79. The Labute approximate surface area is 168 Å². The molecule has 3 rings (SSSR count). The minimum absolute atomic E-state index is 0.156. The number of hydrogen-bond acceptors (Lipinski definition) is 4. The van der Waals surface area contributed by atoms with Crippen LogP contribution in [0.3, 0.4) is 0 Å². The molecule has 0 radical (unpaired) electrons. The number of nitrogens with one attached hydrogen (secondary N) is 2. The SMILES string of the molecule is O=C(NCCOc1ccc(F)cc1)c1ccc(NS(=O)(=O)c2ccccc2)cc1. The van der Waals surface area contributed by atoms with E-state index >= 15 is 0 Å². The van der Waals surface area contributed by atoms with Gasteiger partial charge in [-0.05, 0) is 60.7 Å². The van der Waals surface area contributed by atoms with Crippen molar-refractivity contribution < 1.29 is 22.3 Å². The first-order valence-electron chi connectivity index (χ1n) is 8.78. The zero-order valence-corrected chi connectivity index (χ0v) is 16.2. The summed E-state index contributed by atoms with van der Waals surface area (Å²) in [5, 5.41) is 2.70. The van der Waals surface area contributed by atoms with Crippen molar-refractivity contribution in [1.29, 1.82) is 0 Å². The highest BCUT2D eigenvalue weighted by molar-refractivity contribution is 7.92. The Hall–Kier alpha value is -3.39. The Morgan fingerprint density at radius 1 is 0.897 bits per heavy atom. The lowest BCUT2D eigenvalue weighted by molar-refractivity contribution is 0.0947. The molecular weight excluding hydrogens is 395 g/mol. The number of anilines is 1. The van der Waals surface area contributed by atoms with Gasteiger partial charge in [0.1, 0.15) is 18.2 Å². The minimum atomic E-state index is -3.68. The van der Waals surface area contributed by atoms with Crippen LogP contribution in [0.15, 0.2) is 83.8 Å². The zero-order valence-electron chi connectivity index (χ0n) is 15.3. The smallest absolute Gasteiger partial charge is 0.261 e. The Morgan fingerprint density at radius 2 is 1.55 bits per heavy atom. The van der Waals surface area contributed by atoms with Gasteiger partial charge in [0.05, 0.1) is 11.4 Å². The predicted molar refractivity (Wildman–Crippen MR) is 108 cm³/mol. The van der Waals surface area contributed by atoms with Crippen molar-refractivity contribution in [1.82, 2.24) is 5.32 Å². The Balaban J connectivity index is 1.50. The lowest BCUT2D eigenvalue weighted by Gasteiger charge is -2.10. The van der Waals surface area contributed by atoms with Gasteiger partial charge in [0, 0.05) is 11.3 Å². The van der Waals surface area contributed by atoms with E-state index in [2.05, 4.69) is 10.0 Å². The summed E-state index contributed by atoms with van der Waals surface area (Å²) in [5.74, 6) is -0.152. The van der Waals surface area contributed by atoms with Gasteiger partial charge in [0.25, 0.3) is 15.9 Å². The Bertz CT molecular complexity index is 1050.